The van der Waals surface area contributed by atoms with Gasteiger partial charge in [-0.3, -0.25) is 19.5 Å². The van der Waals surface area contributed by atoms with Crippen LogP contribution in [0.5, 0.6) is 5.75 Å². The summed E-state index contributed by atoms with van der Waals surface area (Å²) in [6.07, 6.45) is 4.92. The van der Waals surface area contributed by atoms with Crippen LogP contribution in [-0.2, 0) is 29.7 Å². The van der Waals surface area contributed by atoms with Crippen LogP contribution in [0.4, 0.5) is 0 Å². The first kappa shape index (κ1) is 33.5. The topological polar surface area (TPSA) is 99.7 Å². The van der Waals surface area contributed by atoms with E-state index < -0.39 is 0 Å². The van der Waals surface area contributed by atoms with Crippen LogP contribution in [0, 0.1) is 0 Å². The Balaban J connectivity index is 0.00000213. The van der Waals surface area contributed by atoms with Crippen LogP contribution in [-0.4, -0.2) is 67.7 Å². The zero-order valence-electron chi connectivity index (χ0n) is 27.6. The van der Waals surface area contributed by atoms with Crippen LogP contribution < -0.4 is 4.74 Å². The normalized spacial score (nSPS) is 14.4. The number of benzene rings is 1. The third-order valence-corrected chi connectivity index (χ3v) is 8.77. The summed E-state index contributed by atoms with van der Waals surface area (Å²) in [5.74, 6) is 0.570. The molecule has 0 fully saturated rings. The largest absolute Gasteiger partial charge is 0.489 e. The Hall–Kier alpha value is -4.87. The first-order valence-electron chi connectivity index (χ1n) is 15.7. The maximum absolute atomic E-state index is 12.3. The van der Waals surface area contributed by atoms with Crippen molar-refractivity contribution in [3.8, 4) is 5.75 Å². The molecule has 1 aliphatic rings. The molecule has 0 bridgehead atoms. The zero-order chi connectivity index (χ0) is 33.5. The van der Waals surface area contributed by atoms with Gasteiger partial charge in [0.1, 0.15) is 18.1 Å². The lowest BCUT2D eigenvalue weighted by Gasteiger charge is -2.31. The number of hydrogen-bond donors (Lipinski definition) is 0. The van der Waals surface area contributed by atoms with Crippen molar-refractivity contribution in [2.45, 2.75) is 39.9 Å². The number of carbonyl (C=O) groups excluding carboxylic acids is 1. The molecule has 11 heteroatoms. The molecule has 0 saturated heterocycles. The van der Waals surface area contributed by atoms with Gasteiger partial charge in [-0.15, -0.1) is 11.3 Å². The molecule has 4 aromatic heterocycles. The number of aryl methyl sites for hydroxylation is 1. The lowest BCUT2D eigenvalue weighted by molar-refractivity contribution is -0.127. The van der Waals surface area contributed by atoms with E-state index >= 15 is 0 Å². The molecule has 47 heavy (non-hydrogen) atoms. The number of ether oxygens (including phenoxy) is 2. The van der Waals surface area contributed by atoms with Crippen LogP contribution >= 0.6 is 11.3 Å². The Bertz CT molecular complexity index is 1920. The molecular weight excluding hydrogens is 611 g/mol. The monoisotopic (exact) mass is 651 g/mol. The summed E-state index contributed by atoms with van der Waals surface area (Å²) in [6.45, 7) is 16.5. The number of pyridine rings is 1. The van der Waals surface area contributed by atoms with Gasteiger partial charge >= 0.3 is 0 Å². The molecular formula is C36H41N7O3S. The molecule has 1 atom stereocenters. The van der Waals surface area contributed by atoms with E-state index in [1.165, 1.54) is 6.08 Å². The van der Waals surface area contributed by atoms with Gasteiger partial charge in [0.05, 0.1) is 60.2 Å². The van der Waals surface area contributed by atoms with E-state index in [0.717, 1.165) is 49.7 Å². The van der Waals surface area contributed by atoms with Gasteiger partial charge in [0.25, 0.3) is 0 Å². The van der Waals surface area contributed by atoms with Gasteiger partial charge in [-0.25, -0.2) is 4.98 Å². The maximum atomic E-state index is 12.3. The first-order chi connectivity index (χ1) is 22.9. The van der Waals surface area contributed by atoms with E-state index in [9.17, 15) is 4.79 Å². The van der Waals surface area contributed by atoms with Crippen LogP contribution in [0.3, 0.4) is 0 Å². The fraction of sp³-hybridized carbons (Fsp3) is 0.306. The second-order valence-corrected chi connectivity index (χ2v) is 11.8. The van der Waals surface area contributed by atoms with Crippen molar-refractivity contribution in [3.63, 3.8) is 0 Å². The van der Waals surface area contributed by atoms with E-state index in [1.54, 1.807) is 29.5 Å². The molecule has 1 amide bonds. The number of imidazole rings is 1. The SMILES string of the molecule is C=CC(=O)N1Cc2cc(CN=C(c3ccc4c(c3)ncn4C)c3ccsc3C(=C)c3ncccc3OCCOC)nn2C(C)C1.CC. The van der Waals surface area contributed by atoms with E-state index in [2.05, 4.69) is 54.3 Å². The van der Waals surface area contributed by atoms with Crippen molar-refractivity contribution in [3.05, 3.63) is 113 Å². The van der Waals surface area contributed by atoms with Crippen LogP contribution in [0.25, 0.3) is 16.6 Å². The first-order valence-corrected chi connectivity index (χ1v) is 16.5. The Morgan fingerprint density at radius 3 is 2.79 bits per heavy atom. The standard InChI is InChI=1S/C34H35N7O3S.C2H6/c1-6-31(42)40-19-22(2)41-26(20-40)17-25(38-41)18-36-33(24-9-10-29-28(16-24)37-21-39(29)4)27-11-15-45-34(27)23(3)32-30(8-7-12-35-32)44-14-13-43-5;1-2/h6-12,15-17,21-22H,1,3,13-14,18-20H2,2,4-5H3;1-2H3. The lowest BCUT2D eigenvalue weighted by Crippen LogP contribution is -2.39. The van der Waals surface area contributed by atoms with E-state index in [-0.39, 0.29) is 11.9 Å². The number of hydrogen-bond acceptors (Lipinski definition) is 8. The quantitative estimate of drug-likeness (QED) is 0.0923. The van der Waals surface area contributed by atoms with Gasteiger partial charge in [0, 0.05) is 48.5 Å². The molecule has 0 saturated carbocycles. The second kappa shape index (κ2) is 15.1. The van der Waals surface area contributed by atoms with E-state index in [1.807, 2.05) is 60.1 Å². The summed E-state index contributed by atoms with van der Waals surface area (Å²) >= 11 is 1.58. The molecule has 1 unspecified atom stereocenters. The third kappa shape index (κ3) is 7.11. The number of methoxy groups -OCH3 is 1. The highest BCUT2D eigenvalue weighted by Gasteiger charge is 2.26. The number of rotatable bonds is 11. The minimum atomic E-state index is -0.0774. The van der Waals surface area contributed by atoms with Crippen molar-refractivity contribution in [2.24, 2.45) is 12.0 Å². The molecule has 5 aromatic rings. The minimum Gasteiger partial charge on any atom is -0.489 e. The van der Waals surface area contributed by atoms with Crippen molar-refractivity contribution < 1.29 is 14.3 Å². The molecule has 0 N–H and O–H groups in total. The van der Waals surface area contributed by atoms with Gasteiger partial charge in [0.15, 0.2) is 0 Å². The third-order valence-electron chi connectivity index (χ3n) is 7.80. The predicted molar refractivity (Wildman–Crippen MR) is 188 cm³/mol. The maximum Gasteiger partial charge on any atom is 0.246 e. The van der Waals surface area contributed by atoms with Gasteiger partial charge in [-0.1, -0.05) is 33.1 Å². The number of nitrogens with zero attached hydrogens (tertiary/aromatic N) is 7. The van der Waals surface area contributed by atoms with Gasteiger partial charge in [-0.05, 0) is 54.8 Å². The molecule has 244 valence electrons. The van der Waals surface area contributed by atoms with Crippen molar-refractivity contribution >= 4 is 39.6 Å². The molecule has 0 spiro atoms. The second-order valence-electron chi connectivity index (χ2n) is 10.9. The highest BCUT2D eigenvalue weighted by molar-refractivity contribution is 7.11. The van der Waals surface area contributed by atoms with Gasteiger partial charge in [0.2, 0.25) is 5.91 Å². The molecule has 1 aliphatic heterocycles. The lowest BCUT2D eigenvalue weighted by atomic mass is 9.98. The van der Waals surface area contributed by atoms with Crippen LogP contribution in [0.1, 0.15) is 59.9 Å². The number of carbonyl (C=O) groups is 1. The molecule has 10 nitrogen and oxygen atoms in total. The number of fused-ring (bicyclic) bond motifs is 2. The smallest absolute Gasteiger partial charge is 0.246 e. The van der Waals surface area contributed by atoms with Gasteiger partial charge in [-0.2, -0.15) is 5.10 Å². The minimum absolute atomic E-state index is 0.0480. The number of aliphatic imine (C=N–C) groups is 1. The average molecular weight is 652 g/mol. The summed E-state index contributed by atoms with van der Waals surface area (Å²) in [5.41, 5.74) is 7.83. The summed E-state index contributed by atoms with van der Waals surface area (Å²) in [5, 5.41) is 6.93. The van der Waals surface area contributed by atoms with Crippen molar-refractivity contribution in [1.29, 1.82) is 0 Å². The Morgan fingerprint density at radius 2 is 2.00 bits per heavy atom. The Labute approximate surface area is 279 Å². The summed E-state index contributed by atoms with van der Waals surface area (Å²) in [7, 11) is 3.63. The van der Waals surface area contributed by atoms with E-state index in [4.69, 9.17) is 19.6 Å². The Kier molecular flexibility index (Phi) is 10.8. The van der Waals surface area contributed by atoms with Crippen molar-refractivity contribution in [2.75, 3.05) is 26.9 Å². The Morgan fingerprint density at radius 1 is 1.17 bits per heavy atom. The van der Waals surface area contributed by atoms with Gasteiger partial charge < -0.3 is 18.9 Å². The van der Waals surface area contributed by atoms with Crippen LogP contribution in [0.15, 0.2) is 84.6 Å². The zero-order valence-corrected chi connectivity index (χ0v) is 28.5. The summed E-state index contributed by atoms with van der Waals surface area (Å²) in [6, 6.07) is 14.1. The highest BCUT2D eigenvalue weighted by Crippen LogP contribution is 2.35. The molecule has 5 heterocycles. The summed E-state index contributed by atoms with van der Waals surface area (Å²) < 4.78 is 15.2. The number of thiophene rings is 1. The average Bonchev–Trinajstić information content (AvgIpc) is 3.84. The number of aromatic nitrogens is 5. The fourth-order valence-electron chi connectivity index (χ4n) is 5.60. The summed E-state index contributed by atoms with van der Waals surface area (Å²) in [4.78, 5) is 29.5. The predicted octanol–water partition coefficient (Wildman–Crippen LogP) is 6.47. The van der Waals surface area contributed by atoms with Crippen molar-refractivity contribution in [1.82, 2.24) is 29.2 Å². The van der Waals surface area contributed by atoms with Crippen LogP contribution in [0.2, 0.25) is 0 Å². The number of amides is 1. The van der Waals surface area contributed by atoms with E-state index in [0.29, 0.717) is 44.3 Å². The molecule has 1 aromatic carbocycles. The highest BCUT2D eigenvalue weighted by atomic mass is 32.1. The molecule has 0 aliphatic carbocycles. The molecule has 0 radical (unpaired) electrons. The molecule has 6 rings (SSSR count). The fourth-order valence-corrected chi connectivity index (χ4v) is 6.47.